The van der Waals surface area contributed by atoms with E-state index >= 15 is 0 Å². The Bertz CT molecular complexity index is 825. The van der Waals surface area contributed by atoms with Crippen LogP contribution in [0.3, 0.4) is 0 Å². The predicted octanol–water partition coefficient (Wildman–Crippen LogP) is 3.79. The van der Waals surface area contributed by atoms with Crippen LogP contribution < -0.4 is 5.32 Å². The Morgan fingerprint density at radius 2 is 1.69 bits per heavy atom. The third kappa shape index (κ3) is 3.38. The van der Waals surface area contributed by atoms with E-state index in [1.165, 1.54) is 0 Å². The lowest BCUT2D eigenvalue weighted by atomic mass is 10.1. The molecule has 0 spiro atoms. The molecule has 0 saturated carbocycles. The summed E-state index contributed by atoms with van der Waals surface area (Å²) in [7, 11) is 0. The maximum Gasteiger partial charge on any atom is 0.262 e. The lowest BCUT2D eigenvalue weighted by Crippen LogP contribution is -2.47. The maximum absolute atomic E-state index is 12.9. The molecule has 3 rings (SSSR count). The zero-order valence-electron chi connectivity index (χ0n) is 15.0. The summed E-state index contributed by atoms with van der Waals surface area (Å²) in [6.07, 6.45) is 2.07. The van der Waals surface area contributed by atoms with Gasteiger partial charge in [-0.1, -0.05) is 44.0 Å². The van der Waals surface area contributed by atoms with Crippen LogP contribution in [0.4, 0.5) is 5.69 Å². The standard InChI is InChI=1S/C21H22N2O3/c1-3-4-12-18(19(24)22-15-9-7-8-14(2)13-15)23-20(25)16-10-5-6-11-17(16)21(23)26/h5-11,13,18H,3-4,12H2,1-2H3,(H,22,24)/t18-/m0/s1. The zero-order valence-corrected chi connectivity index (χ0v) is 15.0. The number of carbonyl (C=O) groups excluding carboxylic acids is 3. The Hall–Kier alpha value is -2.95. The van der Waals surface area contributed by atoms with Crippen LogP contribution in [-0.2, 0) is 4.79 Å². The number of nitrogens with zero attached hydrogens (tertiary/aromatic N) is 1. The van der Waals surface area contributed by atoms with Crippen LogP contribution in [0, 0.1) is 6.92 Å². The van der Waals surface area contributed by atoms with E-state index in [0.717, 1.165) is 23.3 Å². The normalized spacial score (nSPS) is 14.3. The lowest BCUT2D eigenvalue weighted by Gasteiger charge is -2.25. The van der Waals surface area contributed by atoms with Crippen molar-refractivity contribution >= 4 is 23.4 Å². The van der Waals surface area contributed by atoms with Gasteiger partial charge in [0.15, 0.2) is 0 Å². The van der Waals surface area contributed by atoms with Crippen molar-refractivity contribution in [2.24, 2.45) is 0 Å². The van der Waals surface area contributed by atoms with E-state index in [0.29, 0.717) is 23.2 Å². The van der Waals surface area contributed by atoms with Crippen LogP contribution in [0.1, 0.15) is 52.5 Å². The third-order valence-corrected chi connectivity index (χ3v) is 4.56. The highest BCUT2D eigenvalue weighted by molar-refractivity contribution is 6.23. The van der Waals surface area contributed by atoms with Crippen molar-refractivity contribution in [2.45, 2.75) is 39.2 Å². The third-order valence-electron chi connectivity index (χ3n) is 4.56. The Balaban J connectivity index is 1.88. The Kier molecular flexibility index (Phi) is 5.16. The fourth-order valence-corrected chi connectivity index (χ4v) is 3.21. The molecular weight excluding hydrogens is 328 g/mol. The van der Waals surface area contributed by atoms with Crippen molar-refractivity contribution in [1.82, 2.24) is 4.90 Å². The van der Waals surface area contributed by atoms with Gasteiger partial charge < -0.3 is 5.32 Å². The number of carbonyl (C=O) groups is 3. The van der Waals surface area contributed by atoms with Gasteiger partial charge in [-0.2, -0.15) is 0 Å². The van der Waals surface area contributed by atoms with Gasteiger partial charge in [0, 0.05) is 5.69 Å². The van der Waals surface area contributed by atoms with E-state index in [-0.39, 0.29) is 5.91 Å². The van der Waals surface area contributed by atoms with Crippen molar-refractivity contribution in [3.8, 4) is 0 Å². The molecule has 0 saturated heterocycles. The van der Waals surface area contributed by atoms with Crippen molar-refractivity contribution in [3.63, 3.8) is 0 Å². The maximum atomic E-state index is 12.9. The molecule has 0 aliphatic carbocycles. The molecule has 1 heterocycles. The van der Waals surface area contributed by atoms with Crippen molar-refractivity contribution in [2.75, 3.05) is 5.32 Å². The molecule has 0 radical (unpaired) electrons. The van der Waals surface area contributed by atoms with E-state index < -0.39 is 17.9 Å². The van der Waals surface area contributed by atoms with E-state index in [2.05, 4.69) is 5.32 Å². The number of imide groups is 1. The summed E-state index contributed by atoms with van der Waals surface area (Å²) < 4.78 is 0. The highest BCUT2D eigenvalue weighted by atomic mass is 16.2. The van der Waals surface area contributed by atoms with Gasteiger partial charge in [0.25, 0.3) is 11.8 Å². The van der Waals surface area contributed by atoms with Gasteiger partial charge in [0.2, 0.25) is 5.91 Å². The molecule has 2 aromatic carbocycles. The van der Waals surface area contributed by atoms with E-state index in [1.807, 2.05) is 32.0 Å². The molecule has 2 aromatic rings. The second-order valence-corrected chi connectivity index (χ2v) is 6.54. The number of anilines is 1. The minimum absolute atomic E-state index is 0.335. The number of rotatable bonds is 6. The molecule has 1 N–H and O–H groups in total. The molecule has 26 heavy (non-hydrogen) atoms. The summed E-state index contributed by atoms with van der Waals surface area (Å²) in [5.74, 6) is -1.13. The van der Waals surface area contributed by atoms with Gasteiger partial charge in [-0.15, -0.1) is 0 Å². The minimum atomic E-state index is -0.817. The Morgan fingerprint density at radius 3 is 2.27 bits per heavy atom. The van der Waals surface area contributed by atoms with Gasteiger partial charge in [-0.3, -0.25) is 19.3 Å². The van der Waals surface area contributed by atoms with Crippen LogP contribution in [0.5, 0.6) is 0 Å². The van der Waals surface area contributed by atoms with Gasteiger partial charge in [-0.25, -0.2) is 0 Å². The fraction of sp³-hybridized carbons (Fsp3) is 0.286. The largest absolute Gasteiger partial charge is 0.324 e. The van der Waals surface area contributed by atoms with Crippen LogP contribution in [0.25, 0.3) is 0 Å². The van der Waals surface area contributed by atoms with Crippen LogP contribution in [-0.4, -0.2) is 28.7 Å². The summed E-state index contributed by atoms with van der Waals surface area (Å²) in [6, 6.07) is 13.3. The molecule has 0 fully saturated rings. The number of hydrogen-bond acceptors (Lipinski definition) is 3. The fourth-order valence-electron chi connectivity index (χ4n) is 3.21. The first kappa shape index (κ1) is 17.9. The number of fused-ring (bicyclic) bond motifs is 1. The molecule has 0 unspecified atom stereocenters. The second kappa shape index (κ2) is 7.52. The number of benzene rings is 2. The number of unbranched alkanes of at least 4 members (excludes halogenated alkanes) is 1. The van der Waals surface area contributed by atoms with Crippen LogP contribution in [0.2, 0.25) is 0 Å². The summed E-state index contributed by atoms with van der Waals surface area (Å²) in [6.45, 7) is 3.95. The molecule has 0 aromatic heterocycles. The van der Waals surface area contributed by atoms with E-state index in [4.69, 9.17) is 0 Å². The number of hydrogen-bond donors (Lipinski definition) is 1. The zero-order chi connectivity index (χ0) is 18.7. The minimum Gasteiger partial charge on any atom is -0.324 e. The monoisotopic (exact) mass is 350 g/mol. The quantitative estimate of drug-likeness (QED) is 0.806. The number of amides is 3. The first-order chi connectivity index (χ1) is 12.5. The SMILES string of the molecule is CCCC[C@@H](C(=O)Nc1cccc(C)c1)N1C(=O)c2ccccc2C1=O. The molecule has 1 atom stereocenters. The number of nitrogens with one attached hydrogen (secondary N) is 1. The Labute approximate surface area is 153 Å². The molecule has 1 aliphatic heterocycles. The van der Waals surface area contributed by atoms with Gasteiger partial charge >= 0.3 is 0 Å². The lowest BCUT2D eigenvalue weighted by molar-refractivity contribution is -0.120. The molecule has 5 nitrogen and oxygen atoms in total. The second-order valence-electron chi connectivity index (χ2n) is 6.54. The molecule has 5 heteroatoms. The first-order valence-electron chi connectivity index (χ1n) is 8.87. The highest BCUT2D eigenvalue weighted by Crippen LogP contribution is 2.27. The Morgan fingerprint density at radius 1 is 1.04 bits per heavy atom. The van der Waals surface area contributed by atoms with Crippen molar-refractivity contribution < 1.29 is 14.4 Å². The van der Waals surface area contributed by atoms with E-state index in [9.17, 15) is 14.4 Å². The first-order valence-corrected chi connectivity index (χ1v) is 8.87. The van der Waals surface area contributed by atoms with Crippen LogP contribution in [0.15, 0.2) is 48.5 Å². The molecular formula is C21H22N2O3. The van der Waals surface area contributed by atoms with Gasteiger partial charge in [0.1, 0.15) is 6.04 Å². The molecule has 1 aliphatic rings. The molecule has 3 amide bonds. The average Bonchev–Trinajstić information content (AvgIpc) is 2.87. The smallest absolute Gasteiger partial charge is 0.262 e. The summed E-state index contributed by atoms with van der Waals surface area (Å²) >= 11 is 0. The van der Waals surface area contributed by atoms with Gasteiger partial charge in [0.05, 0.1) is 11.1 Å². The number of aryl methyl sites for hydroxylation is 1. The molecule has 134 valence electrons. The summed E-state index contributed by atoms with van der Waals surface area (Å²) in [5, 5.41) is 2.85. The summed E-state index contributed by atoms with van der Waals surface area (Å²) in [5.41, 5.74) is 2.41. The highest BCUT2D eigenvalue weighted by Gasteiger charge is 2.42. The van der Waals surface area contributed by atoms with Crippen LogP contribution >= 0.6 is 0 Å². The predicted molar refractivity (Wildman–Crippen MR) is 100 cm³/mol. The van der Waals surface area contributed by atoms with Crippen molar-refractivity contribution in [3.05, 3.63) is 65.2 Å². The van der Waals surface area contributed by atoms with Gasteiger partial charge in [-0.05, 0) is 43.2 Å². The average molecular weight is 350 g/mol. The molecule has 0 bridgehead atoms. The van der Waals surface area contributed by atoms with E-state index in [1.54, 1.807) is 30.3 Å². The summed E-state index contributed by atoms with van der Waals surface area (Å²) in [4.78, 5) is 39.5. The van der Waals surface area contributed by atoms with Crippen molar-refractivity contribution in [1.29, 1.82) is 0 Å². The topological polar surface area (TPSA) is 66.5 Å².